The van der Waals surface area contributed by atoms with Gasteiger partial charge in [-0.3, -0.25) is 0 Å². The van der Waals surface area contributed by atoms with Crippen LogP contribution in [0.2, 0.25) is 0 Å². The van der Waals surface area contributed by atoms with Gasteiger partial charge >= 0.3 is 0 Å². The monoisotopic (exact) mass is 790 g/mol. The van der Waals surface area contributed by atoms with Crippen molar-refractivity contribution < 1.29 is 0 Å². The van der Waals surface area contributed by atoms with E-state index in [-0.39, 0.29) is 5.41 Å². The van der Waals surface area contributed by atoms with E-state index in [2.05, 4.69) is 217 Å². The summed E-state index contributed by atoms with van der Waals surface area (Å²) >= 11 is 3.79. The third-order valence-corrected chi connectivity index (χ3v) is 15.0. The first-order valence-electron chi connectivity index (χ1n) is 20.3. The third-order valence-electron chi connectivity index (χ3n) is 12.4. The van der Waals surface area contributed by atoms with Gasteiger partial charge in [0.05, 0.1) is 21.6 Å². The molecule has 2 aliphatic rings. The summed E-state index contributed by atoms with van der Waals surface area (Å²) in [5.41, 5.74) is 14.9. The smallest absolute Gasteiger partial charge is 0.0692 e. The van der Waals surface area contributed by atoms with Crippen LogP contribution in [0.1, 0.15) is 25.0 Å². The molecule has 0 unspecified atom stereocenters. The molecule has 0 bridgehead atoms. The minimum atomic E-state index is -0.0729. The van der Waals surface area contributed by atoms with E-state index >= 15 is 0 Å². The van der Waals surface area contributed by atoms with Gasteiger partial charge in [-0.15, -0.1) is 0 Å². The molecule has 0 atom stereocenters. The summed E-state index contributed by atoms with van der Waals surface area (Å²) in [5.74, 6) is 0. The van der Waals surface area contributed by atoms with Gasteiger partial charge in [0, 0.05) is 53.3 Å². The molecule has 59 heavy (non-hydrogen) atoms. The zero-order chi connectivity index (χ0) is 39.2. The molecular weight excluding hydrogens is 753 g/mol. The second-order valence-electron chi connectivity index (χ2n) is 16.1. The first-order chi connectivity index (χ1) is 29.0. The topological polar surface area (TPSA) is 8.17 Å². The molecule has 2 nitrogen and oxygen atoms in total. The van der Waals surface area contributed by atoms with Crippen LogP contribution in [0, 0.1) is 0 Å². The summed E-state index contributed by atoms with van der Waals surface area (Å²) < 4.78 is 2.54. The molecular formula is C55H38N2S2. The number of hydrogen-bond acceptors (Lipinski definition) is 3. The first kappa shape index (κ1) is 34.6. The molecule has 0 saturated carbocycles. The first-order valence-corrected chi connectivity index (χ1v) is 21.9. The Kier molecular flexibility index (Phi) is 7.78. The zero-order valence-electron chi connectivity index (χ0n) is 32.7. The van der Waals surface area contributed by atoms with Gasteiger partial charge in [0.2, 0.25) is 0 Å². The van der Waals surface area contributed by atoms with Gasteiger partial charge in [0.1, 0.15) is 0 Å². The van der Waals surface area contributed by atoms with Gasteiger partial charge in [0.15, 0.2) is 0 Å². The van der Waals surface area contributed by atoms with Gasteiger partial charge in [-0.05, 0) is 112 Å². The van der Waals surface area contributed by atoms with E-state index in [9.17, 15) is 0 Å². The van der Waals surface area contributed by atoms with E-state index in [1.807, 2.05) is 23.5 Å². The summed E-state index contributed by atoms with van der Waals surface area (Å²) in [5, 5.41) is 5.06. The van der Waals surface area contributed by atoms with Crippen LogP contribution < -0.4 is 4.90 Å². The van der Waals surface area contributed by atoms with Crippen molar-refractivity contribution in [3.63, 3.8) is 0 Å². The SMILES string of the molecule is CC1(C)c2ccccc2-c2cc3c(cc21)c1ccc2c(c1n3-c1ccc(-c3ccc(N(c4ccccc4)c4cccc5ccccc45)cc3)cc1)Sc1ccccc1S2. The fraction of sp³-hybridized carbons (Fsp3) is 0.0545. The molecule has 0 radical (unpaired) electrons. The molecule has 0 saturated heterocycles. The lowest BCUT2D eigenvalue weighted by Crippen LogP contribution is -2.14. The number of benzene rings is 9. The Morgan fingerprint density at radius 1 is 0.458 bits per heavy atom. The second-order valence-corrected chi connectivity index (χ2v) is 18.3. The number of hydrogen-bond donors (Lipinski definition) is 0. The zero-order valence-corrected chi connectivity index (χ0v) is 34.3. The molecule has 1 aliphatic carbocycles. The van der Waals surface area contributed by atoms with Crippen LogP contribution in [0.15, 0.2) is 214 Å². The molecule has 12 rings (SSSR count). The van der Waals surface area contributed by atoms with Gasteiger partial charge in [-0.1, -0.05) is 159 Å². The Morgan fingerprint density at radius 2 is 1.12 bits per heavy atom. The van der Waals surface area contributed by atoms with Crippen molar-refractivity contribution in [2.75, 3.05) is 4.90 Å². The number of fused-ring (bicyclic) bond motifs is 10. The van der Waals surface area contributed by atoms with Crippen LogP contribution in [0.25, 0.3) is 60.5 Å². The van der Waals surface area contributed by atoms with Crippen molar-refractivity contribution >= 4 is 73.2 Å². The molecule has 10 aromatic rings. The largest absolute Gasteiger partial charge is 0.310 e. The van der Waals surface area contributed by atoms with Crippen LogP contribution in [-0.2, 0) is 5.41 Å². The highest BCUT2D eigenvalue weighted by Gasteiger charge is 2.36. The third kappa shape index (κ3) is 5.37. The van der Waals surface area contributed by atoms with Crippen molar-refractivity contribution in [2.24, 2.45) is 0 Å². The fourth-order valence-corrected chi connectivity index (χ4v) is 11.9. The minimum absolute atomic E-state index is 0.0729. The lowest BCUT2D eigenvalue weighted by atomic mass is 9.82. The van der Waals surface area contributed by atoms with Crippen molar-refractivity contribution in [2.45, 2.75) is 38.8 Å². The molecule has 280 valence electrons. The molecule has 1 aromatic heterocycles. The highest BCUT2D eigenvalue weighted by molar-refractivity contribution is 8.05. The van der Waals surface area contributed by atoms with Crippen molar-refractivity contribution in [1.29, 1.82) is 0 Å². The molecule has 2 heterocycles. The summed E-state index contributed by atoms with van der Waals surface area (Å²) in [6.07, 6.45) is 0. The fourth-order valence-electron chi connectivity index (χ4n) is 9.56. The minimum Gasteiger partial charge on any atom is -0.310 e. The molecule has 0 N–H and O–H groups in total. The van der Waals surface area contributed by atoms with E-state index in [4.69, 9.17) is 0 Å². The number of rotatable bonds is 5. The van der Waals surface area contributed by atoms with E-state index in [0.717, 1.165) is 17.1 Å². The highest BCUT2D eigenvalue weighted by atomic mass is 32.2. The standard InChI is InChI=1S/C55H38N2S2/c1-55(2)46-19-9-8-18-42(46)44-34-49-45(33-47(44)55)43-31-32-52-54(59-51-22-11-10-21-50(51)58-52)53(43)57(49)40-29-25-36(26-30-40)35-23-27-39(28-24-35)56(38-15-4-3-5-16-38)48-20-12-14-37-13-6-7-17-41(37)48/h3-34H,1-2H3. The van der Waals surface area contributed by atoms with Gasteiger partial charge in [-0.2, -0.15) is 0 Å². The van der Waals surface area contributed by atoms with Crippen molar-refractivity contribution in [1.82, 2.24) is 4.57 Å². The van der Waals surface area contributed by atoms with E-state index in [1.165, 1.54) is 91.2 Å². The lowest BCUT2D eigenvalue weighted by Gasteiger charge is -2.27. The van der Waals surface area contributed by atoms with E-state index < -0.39 is 0 Å². The van der Waals surface area contributed by atoms with Gasteiger partial charge < -0.3 is 9.47 Å². The predicted octanol–water partition coefficient (Wildman–Crippen LogP) is 16.0. The molecule has 1 aliphatic heterocycles. The van der Waals surface area contributed by atoms with Crippen LogP contribution in [0.4, 0.5) is 17.1 Å². The summed E-state index contributed by atoms with van der Waals surface area (Å²) in [6, 6.07) is 71.6. The lowest BCUT2D eigenvalue weighted by molar-refractivity contribution is 0.661. The van der Waals surface area contributed by atoms with Crippen LogP contribution in [0.5, 0.6) is 0 Å². The number of nitrogens with zero attached hydrogens (tertiary/aromatic N) is 2. The van der Waals surface area contributed by atoms with Gasteiger partial charge in [-0.25, -0.2) is 0 Å². The van der Waals surface area contributed by atoms with E-state index in [1.54, 1.807) is 0 Å². The Bertz CT molecular complexity index is 3280. The van der Waals surface area contributed by atoms with Crippen LogP contribution >= 0.6 is 23.5 Å². The van der Waals surface area contributed by atoms with E-state index in [0.29, 0.717) is 0 Å². The molecule has 4 heteroatoms. The number of para-hydroxylation sites is 1. The average molecular weight is 791 g/mol. The number of anilines is 3. The molecule has 0 amide bonds. The van der Waals surface area contributed by atoms with Gasteiger partial charge in [0.25, 0.3) is 0 Å². The highest BCUT2D eigenvalue weighted by Crippen LogP contribution is 2.55. The predicted molar refractivity (Wildman–Crippen MR) is 251 cm³/mol. The number of aromatic nitrogens is 1. The average Bonchev–Trinajstić information content (AvgIpc) is 3.73. The summed E-state index contributed by atoms with van der Waals surface area (Å²) in [6.45, 7) is 4.75. The Balaban J connectivity index is 0.987. The molecule has 9 aromatic carbocycles. The van der Waals surface area contributed by atoms with Crippen LogP contribution in [-0.4, -0.2) is 4.57 Å². The van der Waals surface area contributed by atoms with Crippen molar-refractivity contribution in [3.8, 4) is 27.9 Å². The van der Waals surface area contributed by atoms with Crippen LogP contribution in [0.3, 0.4) is 0 Å². The maximum Gasteiger partial charge on any atom is 0.0692 e. The summed E-state index contributed by atoms with van der Waals surface area (Å²) in [4.78, 5) is 7.65. The molecule has 0 spiro atoms. The Hall–Kier alpha value is -6.46. The second kappa shape index (κ2) is 13.3. The quantitative estimate of drug-likeness (QED) is 0.172. The normalized spacial score (nSPS) is 13.6. The Labute approximate surface area is 352 Å². The Morgan fingerprint density at radius 3 is 1.93 bits per heavy atom. The molecule has 0 fully saturated rings. The maximum absolute atomic E-state index is 2.54. The van der Waals surface area contributed by atoms with Crippen molar-refractivity contribution in [3.05, 3.63) is 205 Å². The maximum atomic E-state index is 2.54. The summed E-state index contributed by atoms with van der Waals surface area (Å²) in [7, 11) is 0.